The molecule has 1 N–H and O–H groups in total. The zero-order valence-electron chi connectivity index (χ0n) is 7.67. The molecule has 5 heteroatoms. The lowest BCUT2D eigenvalue weighted by molar-refractivity contribution is 0.564. The molecule has 1 aromatic carbocycles. The number of sulfone groups is 1. The molecule has 0 aromatic heterocycles. The number of anilines is 1. The molecule has 1 aliphatic rings. The number of rotatable bonds is 1. The minimum Gasteiger partial charge on any atom is -0.384 e. The molecule has 0 amide bonds. The van der Waals surface area contributed by atoms with E-state index in [1.54, 1.807) is 6.07 Å². The number of halogens is 1. The molecule has 0 fully saturated rings. The van der Waals surface area contributed by atoms with Gasteiger partial charge in [-0.15, -0.1) is 0 Å². The Morgan fingerprint density at radius 3 is 2.79 bits per heavy atom. The van der Waals surface area contributed by atoms with Crippen LogP contribution in [0.25, 0.3) is 0 Å². The summed E-state index contributed by atoms with van der Waals surface area (Å²) in [6.07, 6.45) is 1.56. The van der Waals surface area contributed by atoms with E-state index in [-0.39, 0.29) is 4.90 Å². The van der Waals surface area contributed by atoms with Crippen LogP contribution in [0, 0.1) is 5.82 Å². The number of fused-ring (bicyclic) bond motifs is 1. The van der Waals surface area contributed by atoms with Crippen LogP contribution in [-0.4, -0.2) is 21.2 Å². The van der Waals surface area contributed by atoms with Gasteiger partial charge in [0.25, 0.3) is 0 Å². The van der Waals surface area contributed by atoms with E-state index in [0.29, 0.717) is 24.2 Å². The summed E-state index contributed by atoms with van der Waals surface area (Å²) in [5, 5.41) is 2.98. The fourth-order valence-electron chi connectivity index (χ4n) is 1.62. The highest BCUT2D eigenvalue weighted by Crippen LogP contribution is 2.28. The Kier molecular flexibility index (Phi) is 1.99. The Morgan fingerprint density at radius 1 is 1.43 bits per heavy atom. The smallest absolute Gasteiger partial charge is 0.178 e. The number of nitrogens with one attached hydrogen (secondary N) is 1. The van der Waals surface area contributed by atoms with Gasteiger partial charge in [0, 0.05) is 24.1 Å². The van der Waals surface area contributed by atoms with Crippen molar-refractivity contribution in [3.05, 3.63) is 23.5 Å². The van der Waals surface area contributed by atoms with Gasteiger partial charge in [0.1, 0.15) is 10.7 Å². The van der Waals surface area contributed by atoms with Crippen LogP contribution >= 0.6 is 0 Å². The van der Waals surface area contributed by atoms with Crippen LogP contribution in [0.1, 0.15) is 5.56 Å². The maximum absolute atomic E-state index is 13.7. The predicted molar refractivity (Wildman–Crippen MR) is 51.7 cm³/mol. The van der Waals surface area contributed by atoms with Gasteiger partial charge in [-0.25, -0.2) is 12.8 Å². The minimum atomic E-state index is -3.46. The fraction of sp³-hybridized carbons (Fsp3) is 0.333. The van der Waals surface area contributed by atoms with E-state index in [9.17, 15) is 12.8 Å². The molecule has 0 saturated carbocycles. The molecule has 0 bridgehead atoms. The molecule has 0 atom stereocenters. The molecule has 2 rings (SSSR count). The van der Waals surface area contributed by atoms with E-state index in [4.69, 9.17) is 0 Å². The van der Waals surface area contributed by atoms with Gasteiger partial charge in [-0.2, -0.15) is 0 Å². The average molecular weight is 215 g/mol. The normalized spacial score (nSPS) is 15.0. The zero-order chi connectivity index (χ0) is 10.3. The van der Waals surface area contributed by atoms with Crippen molar-refractivity contribution in [2.24, 2.45) is 0 Å². The first-order valence-corrected chi connectivity index (χ1v) is 6.14. The number of benzene rings is 1. The highest BCUT2D eigenvalue weighted by Gasteiger charge is 2.22. The lowest BCUT2D eigenvalue weighted by Crippen LogP contribution is -2.02. The third kappa shape index (κ3) is 1.37. The summed E-state index contributed by atoms with van der Waals surface area (Å²) in [4.78, 5) is -0.208. The van der Waals surface area contributed by atoms with Crippen molar-refractivity contribution in [2.45, 2.75) is 11.3 Å². The number of hydrogen-bond acceptors (Lipinski definition) is 3. The van der Waals surface area contributed by atoms with Crippen molar-refractivity contribution >= 4 is 15.5 Å². The van der Waals surface area contributed by atoms with Crippen molar-refractivity contribution in [2.75, 3.05) is 18.1 Å². The van der Waals surface area contributed by atoms with E-state index >= 15 is 0 Å². The summed E-state index contributed by atoms with van der Waals surface area (Å²) < 4.78 is 36.0. The first kappa shape index (κ1) is 9.45. The lowest BCUT2D eigenvalue weighted by Gasteiger charge is -2.05. The SMILES string of the molecule is CS(=O)(=O)c1ccc2c(c1F)CCN2. The summed E-state index contributed by atoms with van der Waals surface area (Å²) >= 11 is 0. The van der Waals surface area contributed by atoms with Gasteiger partial charge in [0.15, 0.2) is 9.84 Å². The highest BCUT2D eigenvalue weighted by molar-refractivity contribution is 7.90. The molecular formula is C9H10FNO2S. The topological polar surface area (TPSA) is 46.2 Å². The molecule has 76 valence electrons. The van der Waals surface area contributed by atoms with Crippen molar-refractivity contribution in [3.8, 4) is 0 Å². The Hall–Kier alpha value is -1.10. The van der Waals surface area contributed by atoms with Crippen LogP contribution in [0.15, 0.2) is 17.0 Å². The molecular weight excluding hydrogens is 205 g/mol. The molecule has 0 unspecified atom stereocenters. The van der Waals surface area contributed by atoms with Gasteiger partial charge in [0.05, 0.1) is 0 Å². The zero-order valence-corrected chi connectivity index (χ0v) is 8.49. The van der Waals surface area contributed by atoms with Gasteiger partial charge < -0.3 is 5.32 Å². The highest BCUT2D eigenvalue weighted by atomic mass is 32.2. The molecule has 3 nitrogen and oxygen atoms in total. The molecule has 1 heterocycles. The standard InChI is InChI=1S/C9H10FNO2S/c1-14(12,13)8-3-2-7-6(9(8)10)4-5-11-7/h2-3,11H,4-5H2,1H3. The predicted octanol–water partition coefficient (Wildman–Crippen LogP) is 1.20. The Bertz CT molecular complexity index is 482. The van der Waals surface area contributed by atoms with E-state index in [0.717, 1.165) is 6.26 Å². The third-order valence-corrected chi connectivity index (χ3v) is 3.41. The third-order valence-electron chi connectivity index (χ3n) is 2.30. The fourth-order valence-corrected chi connectivity index (χ4v) is 2.38. The Balaban J connectivity index is 2.68. The monoisotopic (exact) mass is 215 g/mol. The van der Waals surface area contributed by atoms with Crippen LogP contribution < -0.4 is 5.32 Å². The summed E-state index contributed by atoms with van der Waals surface area (Å²) in [6, 6.07) is 2.92. The molecule has 1 aliphatic heterocycles. The Morgan fingerprint density at radius 2 is 2.14 bits per heavy atom. The second-order valence-electron chi connectivity index (χ2n) is 3.35. The second-order valence-corrected chi connectivity index (χ2v) is 5.34. The first-order chi connectivity index (χ1) is 6.50. The maximum atomic E-state index is 13.7. The average Bonchev–Trinajstić information content (AvgIpc) is 2.50. The van der Waals surface area contributed by atoms with Crippen molar-refractivity contribution in [1.82, 2.24) is 0 Å². The molecule has 0 radical (unpaired) electrons. The van der Waals surface area contributed by atoms with Gasteiger partial charge in [-0.05, 0) is 18.6 Å². The van der Waals surface area contributed by atoms with Crippen LogP contribution in [0.5, 0.6) is 0 Å². The van der Waals surface area contributed by atoms with Gasteiger partial charge >= 0.3 is 0 Å². The largest absolute Gasteiger partial charge is 0.384 e. The van der Waals surface area contributed by atoms with Crippen LogP contribution in [0.4, 0.5) is 10.1 Å². The van der Waals surface area contributed by atoms with Crippen LogP contribution in [0.3, 0.4) is 0 Å². The van der Waals surface area contributed by atoms with E-state index in [1.807, 2.05) is 0 Å². The second kappa shape index (κ2) is 2.95. The first-order valence-electron chi connectivity index (χ1n) is 4.25. The molecule has 0 spiro atoms. The van der Waals surface area contributed by atoms with Crippen molar-refractivity contribution in [1.29, 1.82) is 0 Å². The minimum absolute atomic E-state index is 0.208. The summed E-state index contributed by atoms with van der Waals surface area (Å²) in [5.74, 6) is -0.602. The summed E-state index contributed by atoms with van der Waals surface area (Å²) in [5.41, 5.74) is 1.18. The van der Waals surface area contributed by atoms with Crippen LogP contribution in [-0.2, 0) is 16.3 Å². The van der Waals surface area contributed by atoms with E-state index in [1.165, 1.54) is 6.07 Å². The molecule has 0 saturated heterocycles. The summed E-state index contributed by atoms with van der Waals surface area (Å²) in [6.45, 7) is 0.666. The maximum Gasteiger partial charge on any atom is 0.178 e. The van der Waals surface area contributed by atoms with Crippen LogP contribution in [0.2, 0.25) is 0 Å². The Labute approximate surface area is 81.9 Å². The molecule has 14 heavy (non-hydrogen) atoms. The van der Waals surface area contributed by atoms with Gasteiger partial charge in [-0.1, -0.05) is 0 Å². The van der Waals surface area contributed by atoms with Gasteiger partial charge in [0.2, 0.25) is 0 Å². The summed E-state index contributed by atoms with van der Waals surface area (Å²) in [7, 11) is -3.46. The molecule has 1 aromatic rings. The quantitative estimate of drug-likeness (QED) is 0.765. The van der Waals surface area contributed by atoms with Gasteiger partial charge in [-0.3, -0.25) is 0 Å². The number of hydrogen-bond donors (Lipinski definition) is 1. The van der Waals surface area contributed by atoms with Crippen molar-refractivity contribution in [3.63, 3.8) is 0 Å². The lowest BCUT2D eigenvalue weighted by atomic mass is 10.1. The van der Waals surface area contributed by atoms with E-state index < -0.39 is 15.7 Å². The van der Waals surface area contributed by atoms with Crippen molar-refractivity contribution < 1.29 is 12.8 Å². The van der Waals surface area contributed by atoms with E-state index in [2.05, 4.69) is 5.32 Å². The molecule has 0 aliphatic carbocycles.